The maximum absolute atomic E-state index is 14.0. The van der Waals surface area contributed by atoms with Gasteiger partial charge < -0.3 is 19.7 Å². The third-order valence-electron chi connectivity index (χ3n) is 7.26. The van der Waals surface area contributed by atoms with Crippen molar-refractivity contribution in [2.75, 3.05) is 23.2 Å². The Bertz CT molecular complexity index is 1700. The zero-order chi connectivity index (χ0) is 27.2. The Morgan fingerprint density at radius 2 is 0.800 bits per heavy atom. The minimum absolute atomic E-state index is 0.157. The first-order chi connectivity index (χ1) is 19.5. The van der Waals surface area contributed by atoms with Crippen LogP contribution in [-0.4, -0.2) is 12.6 Å². The molecule has 0 spiro atoms. The van der Waals surface area contributed by atoms with Gasteiger partial charge in [-0.2, -0.15) is 0 Å². The minimum Gasteiger partial charge on any atom is -0.438 e. The van der Waals surface area contributed by atoms with Crippen LogP contribution in [0.2, 0.25) is 0 Å². The fourth-order valence-corrected chi connectivity index (χ4v) is 9.43. The van der Waals surface area contributed by atoms with Crippen molar-refractivity contribution in [1.82, 2.24) is 0 Å². The van der Waals surface area contributed by atoms with E-state index in [2.05, 4.69) is 10.6 Å². The second kappa shape index (κ2) is 9.75. The Morgan fingerprint density at radius 3 is 1.23 bits per heavy atom. The van der Waals surface area contributed by atoms with E-state index in [4.69, 9.17) is 9.05 Å². The summed E-state index contributed by atoms with van der Waals surface area (Å²) in [6.45, 7) is 0. The quantitative estimate of drug-likeness (QED) is 0.205. The van der Waals surface area contributed by atoms with Gasteiger partial charge in [-0.1, -0.05) is 72.8 Å². The van der Waals surface area contributed by atoms with Gasteiger partial charge in [0.25, 0.3) is 14.7 Å². The molecule has 2 aliphatic heterocycles. The Balaban J connectivity index is 1.06. The first-order valence-corrected chi connectivity index (χ1v) is 16.7. The summed E-state index contributed by atoms with van der Waals surface area (Å²) < 4.78 is 40.2. The van der Waals surface area contributed by atoms with Crippen LogP contribution in [0.3, 0.4) is 0 Å². The van der Waals surface area contributed by atoms with Gasteiger partial charge in [0.15, 0.2) is 0 Å². The Labute approximate surface area is 232 Å². The van der Waals surface area contributed by atoms with Crippen molar-refractivity contribution in [3.8, 4) is 33.8 Å². The highest BCUT2D eigenvalue weighted by atomic mass is 31.2. The second-order valence-corrected chi connectivity index (χ2v) is 14.5. The van der Waals surface area contributed by atoms with E-state index in [-0.39, 0.29) is 12.6 Å². The van der Waals surface area contributed by atoms with Crippen LogP contribution >= 0.6 is 14.7 Å². The first-order valence-electron chi connectivity index (χ1n) is 13.1. The van der Waals surface area contributed by atoms with Crippen LogP contribution in [0.25, 0.3) is 22.3 Å². The van der Waals surface area contributed by atoms with Crippen molar-refractivity contribution in [2.45, 2.75) is 0 Å². The summed E-state index contributed by atoms with van der Waals surface area (Å²) in [5, 5.41) is 8.03. The van der Waals surface area contributed by atoms with Gasteiger partial charge in [-0.05, 0) is 59.7 Å². The van der Waals surface area contributed by atoms with Gasteiger partial charge >= 0.3 is 0 Å². The highest BCUT2D eigenvalue weighted by molar-refractivity contribution is 7.68. The van der Waals surface area contributed by atoms with E-state index in [1.165, 1.54) is 0 Å². The van der Waals surface area contributed by atoms with Crippen molar-refractivity contribution in [3.05, 3.63) is 121 Å². The number of hydrogen-bond acceptors (Lipinski definition) is 6. The molecule has 8 heteroatoms. The maximum atomic E-state index is 14.0. The number of fused-ring (bicyclic) bond motifs is 6. The van der Waals surface area contributed by atoms with Crippen LogP contribution in [-0.2, 0) is 9.13 Å². The molecule has 0 amide bonds. The SMILES string of the molecule is O=P1(CNc2ccc(NCP3(=O)Oc4ccccc4-c4ccccc43)cc2)Oc2ccccc2-c2ccccc21. The molecule has 0 saturated carbocycles. The predicted octanol–water partition coefficient (Wildman–Crippen LogP) is 7.75. The molecule has 2 heterocycles. The zero-order valence-electron chi connectivity index (χ0n) is 21.5. The van der Waals surface area contributed by atoms with Gasteiger partial charge in [0.2, 0.25) is 0 Å². The van der Waals surface area contributed by atoms with Crippen LogP contribution in [0, 0.1) is 0 Å². The average molecular weight is 565 g/mol. The molecule has 5 aromatic rings. The molecule has 2 N–H and O–H groups in total. The third-order valence-corrected chi connectivity index (χ3v) is 11.6. The van der Waals surface area contributed by atoms with Gasteiger partial charge in [-0.15, -0.1) is 0 Å². The van der Waals surface area contributed by atoms with Gasteiger partial charge in [-0.3, -0.25) is 9.13 Å². The number of benzene rings is 5. The molecule has 0 saturated heterocycles. The summed E-state index contributed by atoms with van der Waals surface area (Å²) in [4.78, 5) is 0. The van der Waals surface area contributed by atoms with E-state index in [0.717, 1.165) is 44.2 Å². The van der Waals surface area contributed by atoms with E-state index < -0.39 is 14.7 Å². The molecule has 0 aromatic heterocycles. The molecule has 40 heavy (non-hydrogen) atoms. The Morgan fingerprint density at radius 1 is 0.450 bits per heavy atom. The summed E-state index contributed by atoms with van der Waals surface area (Å²) in [5.74, 6) is 1.27. The van der Waals surface area contributed by atoms with Crippen LogP contribution in [0.5, 0.6) is 11.5 Å². The number of nitrogens with one attached hydrogen (secondary N) is 2. The highest BCUT2D eigenvalue weighted by Crippen LogP contribution is 2.55. The second-order valence-electron chi connectivity index (χ2n) is 9.80. The zero-order valence-corrected chi connectivity index (χ0v) is 23.3. The van der Waals surface area contributed by atoms with E-state index >= 15 is 0 Å². The van der Waals surface area contributed by atoms with Crippen LogP contribution in [0.1, 0.15) is 0 Å². The monoisotopic (exact) mass is 564 g/mol. The predicted molar refractivity (Wildman–Crippen MR) is 163 cm³/mol. The molecule has 2 atom stereocenters. The molecule has 7 rings (SSSR count). The van der Waals surface area contributed by atoms with E-state index in [1.807, 2.05) is 121 Å². The highest BCUT2D eigenvalue weighted by Gasteiger charge is 2.37. The van der Waals surface area contributed by atoms with Crippen molar-refractivity contribution in [1.29, 1.82) is 0 Å². The van der Waals surface area contributed by atoms with Gasteiger partial charge in [-0.25, -0.2) is 0 Å². The lowest BCUT2D eigenvalue weighted by Gasteiger charge is -2.29. The average Bonchev–Trinajstić information content (AvgIpc) is 3.00. The van der Waals surface area contributed by atoms with Crippen molar-refractivity contribution < 1.29 is 18.2 Å². The molecule has 5 aromatic carbocycles. The van der Waals surface area contributed by atoms with E-state index in [9.17, 15) is 9.13 Å². The third kappa shape index (κ3) is 4.30. The lowest BCUT2D eigenvalue weighted by atomic mass is 10.0. The van der Waals surface area contributed by atoms with Crippen LogP contribution in [0.15, 0.2) is 121 Å². The van der Waals surface area contributed by atoms with Gasteiger partial charge in [0, 0.05) is 22.5 Å². The van der Waals surface area contributed by atoms with Gasteiger partial charge in [0.05, 0.1) is 10.6 Å². The number of rotatable bonds is 6. The molecule has 0 aliphatic carbocycles. The number of anilines is 2. The number of hydrogen-bond donors (Lipinski definition) is 2. The Kier molecular flexibility index (Phi) is 6.04. The fourth-order valence-electron chi connectivity index (χ4n) is 5.28. The summed E-state index contributed by atoms with van der Waals surface area (Å²) in [6, 6.07) is 38.4. The lowest BCUT2D eigenvalue weighted by Crippen LogP contribution is -2.22. The lowest BCUT2D eigenvalue weighted by molar-refractivity contribution is 0.491. The normalized spacial score (nSPS) is 20.0. The van der Waals surface area contributed by atoms with Crippen molar-refractivity contribution >= 4 is 36.7 Å². The van der Waals surface area contributed by atoms with Crippen LogP contribution in [0.4, 0.5) is 11.4 Å². The first kappa shape index (κ1) is 24.8. The summed E-state index contributed by atoms with van der Waals surface area (Å²) in [6.07, 6.45) is 0.314. The minimum atomic E-state index is -3.19. The Hall–Kier alpha value is -4.24. The van der Waals surface area contributed by atoms with Gasteiger partial charge in [0.1, 0.15) is 24.1 Å². The summed E-state index contributed by atoms with van der Waals surface area (Å²) in [7, 11) is -6.38. The van der Waals surface area contributed by atoms with Crippen molar-refractivity contribution in [2.24, 2.45) is 0 Å². The summed E-state index contributed by atoms with van der Waals surface area (Å²) in [5.41, 5.74) is 5.40. The van der Waals surface area contributed by atoms with E-state index in [0.29, 0.717) is 11.5 Å². The molecular formula is C32H26N2O4P2. The largest absolute Gasteiger partial charge is 0.438 e. The molecule has 2 unspecified atom stereocenters. The standard InChI is InChI=1S/C32H26N2O4P2/c35-39(31-15-7-3-11-27(31)25-9-1-5-13-29(25)37-39)21-33-23-17-19-24(20-18-23)34-22-40(36)32-16-8-4-12-28(32)26-10-2-6-14-30(26)38-40/h1-20,33-34H,21-22H2. The molecule has 198 valence electrons. The van der Waals surface area contributed by atoms with Crippen LogP contribution < -0.4 is 30.3 Å². The smallest absolute Gasteiger partial charge is 0.296 e. The fraction of sp³-hybridized carbons (Fsp3) is 0.0625. The maximum Gasteiger partial charge on any atom is 0.296 e. The molecule has 0 radical (unpaired) electrons. The number of para-hydroxylation sites is 2. The summed E-state index contributed by atoms with van der Waals surface area (Å²) >= 11 is 0. The topological polar surface area (TPSA) is 76.7 Å². The molecular weight excluding hydrogens is 538 g/mol. The van der Waals surface area contributed by atoms with Crippen molar-refractivity contribution in [3.63, 3.8) is 0 Å². The molecule has 6 nitrogen and oxygen atoms in total. The van der Waals surface area contributed by atoms with E-state index in [1.54, 1.807) is 0 Å². The molecule has 0 bridgehead atoms. The molecule has 2 aliphatic rings. The molecule has 0 fully saturated rings.